The van der Waals surface area contributed by atoms with Gasteiger partial charge >= 0.3 is 0 Å². The minimum atomic E-state index is -3.48. The number of amides is 1. The molecule has 1 amide bonds. The first-order valence-electron chi connectivity index (χ1n) is 12.8. The first-order valence-corrected chi connectivity index (χ1v) is 14.0. The number of hydrogen-bond donors (Lipinski definition) is 4. The van der Waals surface area contributed by atoms with Crippen molar-refractivity contribution in [3.8, 4) is 0 Å². The quantitative estimate of drug-likeness (QED) is 0.227. The maximum absolute atomic E-state index is 15.8. The SMILES string of the molecule is N=Cc1cc(SNC(C(=O)N2CCC(N)CC2)C(F)(F)c2ccc(Cl)cc2)ccc1NCC1CCCC1. The van der Waals surface area contributed by atoms with Gasteiger partial charge in [-0.05, 0) is 73.9 Å². The molecule has 5 N–H and O–H groups in total. The number of rotatable bonds is 10. The fraction of sp³-hybridized carbons (Fsp3) is 0.481. The van der Waals surface area contributed by atoms with Crippen molar-refractivity contribution in [1.29, 1.82) is 5.41 Å². The molecule has 1 atom stereocenters. The molecule has 1 aliphatic heterocycles. The predicted octanol–water partition coefficient (Wildman–Crippen LogP) is 5.65. The van der Waals surface area contributed by atoms with E-state index in [9.17, 15) is 4.79 Å². The third-order valence-electron chi connectivity index (χ3n) is 7.22. The maximum atomic E-state index is 15.8. The zero-order chi connectivity index (χ0) is 26.4. The van der Waals surface area contributed by atoms with Gasteiger partial charge < -0.3 is 21.4 Å². The highest BCUT2D eigenvalue weighted by molar-refractivity contribution is 7.97. The summed E-state index contributed by atoms with van der Waals surface area (Å²) in [6, 6.07) is 8.91. The second-order valence-electron chi connectivity index (χ2n) is 9.87. The lowest BCUT2D eigenvalue weighted by molar-refractivity contribution is -0.145. The zero-order valence-corrected chi connectivity index (χ0v) is 22.3. The summed E-state index contributed by atoms with van der Waals surface area (Å²) in [4.78, 5) is 15.5. The summed E-state index contributed by atoms with van der Waals surface area (Å²) in [6.45, 7) is 1.55. The number of anilines is 1. The maximum Gasteiger partial charge on any atom is 0.298 e. The Bertz CT molecular complexity index is 1070. The fourth-order valence-electron chi connectivity index (χ4n) is 4.90. The van der Waals surface area contributed by atoms with Gasteiger partial charge in [0.1, 0.15) is 0 Å². The molecule has 2 aromatic carbocycles. The van der Waals surface area contributed by atoms with E-state index < -0.39 is 17.9 Å². The Morgan fingerprint density at radius 1 is 1.16 bits per heavy atom. The van der Waals surface area contributed by atoms with Crippen LogP contribution < -0.4 is 15.8 Å². The van der Waals surface area contributed by atoms with Gasteiger partial charge in [-0.1, -0.05) is 36.6 Å². The predicted molar refractivity (Wildman–Crippen MR) is 147 cm³/mol. The highest BCUT2D eigenvalue weighted by Gasteiger charge is 2.48. The Morgan fingerprint density at radius 3 is 2.49 bits per heavy atom. The number of hydrogen-bond acceptors (Lipinski definition) is 6. The molecule has 4 rings (SSSR count). The van der Waals surface area contributed by atoms with E-state index in [1.165, 1.54) is 61.1 Å². The Balaban J connectivity index is 1.51. The van der Waals surface area contributed by atoms with Gasteiger partial charge in [0.2, 0.25) is 5.91 Å². The minimum absolute atomic E-state index is 0.0260. The van der Waals surface area contributed by atoms with Crippen LogP contribution >= 0.6 is 23.5 Å². The molecule has 2 fully saturated rings. The van der Waals surface area contributed by atoms with Crippen LogP contribution in [0.5, 0.6) is 0 Å². The lowest BCUT2D eigenvalue weighted by Crippen LogP contribution is -2.55. The van der Waals surface area contributed by atoms with Crippen LogP contribution in [0.4, 0.5) is 14.5 Å². The molecule has 0 aromatic heterocycles. The monoisotopic (exact) mass is 549 g/mol. The van der Waals surface area contributed by atoms with E-state index in [-0.39, 0.29) is 11.6 Å². The third kappa shape index (κ3) is 7.02. The molecule has 2 aromatic rings. The van der Waals surface area contributed by atoms with Crippen molar-refractivity contribution in [2.75, 3.05) is 25.0 Å². The van der Waals surface area contributed by atoms with Gasteiger partial charge in [0.05, 0.1) is 0 Å². The molecule has 0 spiro atoms. The summed E-state index contributed by atoms with van der Waals surface area (Å²) < 4.78 is 34.3. The van der Waals surface area contributed by atoms with E-state index in [2.05, 4.69) is 10.0 Å². The van der Waals surface area contributed by atoms with Crippen LogP contribution in [0.1, 0.15) is 49.7 Å². The number of nitrogens with one attached hydrogen (secondary N) is 3. The van der Waals surface area contributed by atoms with E-state index in [0.717, 1.165) is 24.2 Å². The molecule has 0 bridgehead atoms. The Hall–Kier alpha value is -2.20. The van der Waals surface area contributed by atoms with Crippen molar-refractivity contribution in [1.82, 2.24) is 9.62 Å². The van der Waals surface area contributed by atoms with Crippen LogP contribution in [0, 0.1) is 11.3 Å². The summed E-state index contributed by atoms with van der Waals surface area (Å²) in [6.07, 6.45) is 7.36. The number of likely N-dealkylation sites (tertiary alicyclic amines) is 1. The first kappa shape index (κ1) is 27.8. The molecule has 200 valence electrons. The number of piperidine rings is 1. The second kappa shape index (κ2) is 12.6. The molecule has 0 radical (unpaired) electrons. The average Bonchev–Trinajstić information content (AvgIpc) is 3.42. The van der Waals surface area contributed by atoms with Crippen LogP contribution in [0.2, 0.25) is 5.02 Å². The Morgan fingerprint density at radius 2 is 1.84 bits per heavy atom. The van der Waals surface area contributed by atoms with Crippen LogP contribution in [0.25, 0.3) is 0 Å². The normalized spacial score (nSPS) is 18.1. The molecule has 1 heterocycles. The lowest BCUT2D eigenvalue weighted by Gasteiger charge is -2.35. The molecule has 37 heavy (non-hydrogen) atoms. The molecular formula is C27H34ClF2N5OS. The number of halogens is 3. The van der Waals surface area contributed by atoms with E-state index in [0.29, 0.717) is 47.3 Å². The van der Waals surface area contributed by atoms with Crippen molar-refractivity contribution in [2.45, 2.75) is 61.4 Å². The second-order valence-corrected chi connectivity index (χ2v) is 11.2. The summed E-state index contributed by atoms with van der Waals surface area (Å²) in [5.74, 6) is -3.51. The molecule has 1 unspecified atom stereocenters. The van der Waals surface area contributed by atoms with E-state index in [4.69, 9.17) is 22.7 Å². The van der Waals surface area contributed by atoms with Gasteiger partial charge in [-0.2, -0.15) is 8.78 Å². The summed E-state index contributed by atoms with van der Waals surface area (Å²) in [5.41, 5.74) is 7.18. The van der Waals surface area contributed by atoms with E-state index in [1.807, 2.05) is 12.1 Å². The number of alkyl halides is 2. The summed E-state index contributed by atoms with van der Waals surface area (Å²) >= 11 is 6.87. The summed E-state index contributed by atoms with van der Waals surface area (Å²) in [5, 5.41) is 11.6. The van der Waals surface area contributed by atoms with Gasteiger partial charge in [-0.25, -0.2) is 4.72 Å². The van der Waals surface area contributed by atoms with E-state index in [1.54, 1.807) is 6.07 Å². The average molecular weight is 550 g/mol. The minimum Gasteiger partial charge on any atom is -0.384 e. The van der Waals surface area contributed by atoms with Crippen LogP contribution in [0.15, 0.2) is 47.4 Å². The van der Waals surface area contributed by atoms with Gasteiger partial charge in [-0.3, -0.25) is 4.79 Å². The number of carbonyl (C=O) groups excluding carboxylic acids is 1. The number of nitrogens with two attached hydrogens (primary N) is 1. The molecular weight excluding hydrogens is 516 g/mol. The third-order valence-corrected chi connectivity index (χ3v) is 8.31. The topological polar surface area (TPSA) is 94.2 Å². The van der Waals surface area contributed by atoms with Crippen molar-refractivity contribution in [3.05, 3.63) is 58.6 Å². The van der Waals surface area contributed by atoms with Crippen LogP contribution in [0.3, 0.4) is 0 Å². The first-order chi connectivity index (χ1) is 17.8. The highest BCUT2D eigenvalue weighted by atomic mass is 35.5. The van der Waals surface area contributed by atoms with Crippen molar-refractivity contribution >= 4 is 41.4 Å². The molecule has 1 aliphatic carbocycles. The molecule has 10 heteroatoms. The number of nitrogens with zero attached hydrogens (tertiary/aromatic N) is 1. The van der Waals surface area contributed by atoms with Gasteiger partial charge in [0.25, 0.3) is 5.92 Å². The van der Waals surface area contributed by atoms with Crippen molar-refractivity contribution in [3.63, 3.8) is 0 Å². The lowest BCUT2D eigenvalue weighted by atomic mass is 9.99. The summed E-state index contributed by atoms with van der Waals surface area (Å²) in [7, 11) is 0. The molecule has 6 nitrogen and oxygen atoms in total. The smallest absolute Gasteiger partial charge is 0.298 e. The Labute approximate surface area is 226 Å². The van der Waals surface area contributed by atoms with Gasteiger partial charge in [0.15, 0.2) is 6.04 Å². The zero-order valence-electron chi connectivity index (χ0n) is 20.7. The molecule has 1 saturated heterocycles. The van der Waals surface area contributed by atoms with Gasteiger partial charge in [-0.15, -0.1) is 0 Å². The Kier molecular flexibility index (Phi) is 9.45. The molecule has 1 saturated carbocycles. The standard InChI is InChI=1S/C27H34ClF2N5OS/c28-21-7-5-20(6-8-21)27(29,30)25(26(36)35-13-11-22(32)12-14-35)34-37-23-9-10-24(19(15-23)16-31)33-17-18-3-1-2-4-18/h5-10,15-16,18,22,25,31,33-34H,1-4,11-14,17,32H2. The fourth-order valence-corrected chi connectivity index (χ4v) is 5.85. The van der Waals surface area contributed by atoms with Gasteiger partial charge in [0, 0.05) is 58.6 Å². The van der Waals surface area contributed by atoms with E-state index >= 15 is 8.78 Å². The number of benzene rings is 2. The van der Waals surface area contributed by atoms with Crippen LogP contribution in [-0.4, -0.2) is 48.7 Å². The van der Waals surface area contributed by atoms with Crippen molar-refractivity contribution in [2.24, 2.45) is 11.7 Å². The highest BCUT2D eigenvalue weighted by Crippen LogP contribution is 2.36. The van der Waals surface area contributed by atoms with Crippen LogP contribution in [-0.2, 0) is 10.7 Å². The van der Waals surface area contributed by atoms with Crippen molar-refractivity contribution < 1.29 is 13.6 Å². The largest absolute Gasteiger partial charge is 0.384 e. The number of carbonyl (C=O) groups is 1. The molecule has 2 aliphatic rings.